The minimum atomic E-state index is -2.59. The standard InChI is InChI=1S/C30H27P/c1-4-24-13-10-18-28(21-24)31(27-16-8-7-9-17-27,29-19-11-14-25(5-2)22-29)30-20-12-15-26(6-3)23-30/h4-23,31H,1-3H2. The van der Waals surface area contributed by atoms with Crippen LogP contribution in [0.3, 0.4) is 0 Å². The topological polar surface area (TPSA) is 0 Å². The quantitative estimate of drug-likeness (QED) is 0.325. The van der Waals surface area contributed by atoms with Gasteiger partial charge in [0.05, 0.1) is 0 Å². The van der Waals surface area contributed by atoms with Crippen LogP contribution in [0.4, 0.5) is 0 Å². The van der Waals surface area contributed by atoms with Crippen LogP contribution < -0.4 is 21.2 Å². The Morgan fingerprint density at radius 2 is 0.774 bits per heavy atom. The van der Waals surface area contributed by atoms with Crippen molar-refractivity contribution in [3.05, 3.63) is 140 Å². The molecule has 0 atom stereocenters. The summed E-state index contributed by atoms with van der Waals surface area (Å²) in [5.41, 5.74) is 3.39. The fourth-order valence-electron chi connectivity index (χ4n) is 4.38. The molecule has 152 valence electrons. The van der Waals surface area contributed by atoms with E-state index in [1.807, 2.05) is 18.2 Å². The van der Waals surface area contributed by atoms with Crippen molar-refractivity contribution in [2.75, 3.05) is 0 Å². The van der Waals surface area contributed by atoms with Crippen LogP contribution in [0.2, 0.25) is 0 Å². The molecule has 4 aromatic rings. The van der Waals surface area contributed by atoms with Gasteiger partial charge in [0.25, 0.3) is 0 Å². The van der Waals surface area contributed by atoms with Crippen molar-refractivity contribution in [3.8, 4) is 0 Å². The first-order valence-electron chi connectivity index (χ1n) is 10.5. The average Bonchev–Trinajstić information content (AvgIpc) is 2.85. The molecule has 0 radical (unpaired) electrons. The Hall–Kier alpha value is -3.47. The Bertz CT molecular complexity index is 1110. The second kappa shape index (κ2) is 9.13. The second-order valence-corrected chi connectivity index (χ2v) is 11.4. The SMILES string of the molecule is C=Cc1cccc([PH](c2ccccc2)(c2cccc(C=C)c2)c2cccc(C=C)c2)c1. The summed E-state index contributed by atoms with van der Waals surface area (Å²) in [7, 11) is -2.59. The maximum absolute atomic E-state index is 4.02. The Balaban J connectivity index is 2.18. The van der Waals surface area contributed by atoms with E-state index >= 15 is 0 Å². The maximum atomic E-state index is 4.02. The molecule has 4 aromatic carbocycles. The van der Waals surface area contributed by atoms with Crippen LogP contribution in [0.5, 0.6) is 0 Å². The van der Waals surface area contributed by atoms with E-state index in [0.717, 1.165) is 16.7 Å². The van der Waals surface area contributed by atoms with Crippen LogP contribution in [0, 0.1) is 0 Å². The van der Waals surface area contributed by atoms with Gasteiger partial charge in [-0.25, -0.2) is 0 Å². The Kier molecular flexibility index (Phi) is 6.12. The molecule has 0 saturated carbocycles. The van der Waals surface area contributed by atoms with Gasteiger partial charge in [-0.1, -0.05) is 0 Å². The van der Waals surface area contributed by atoms with E-state index in [-0.39, 0.29) is 0 Å². The normalized spacial score (nSPS) is 11.5. The fraction of sp³-hybridized carbons (Fsp3) is 0. The zero-order valence-electron chi connectivity index (χ0n) is 17.7. The van der Waals surface area contributed by atoms with Crippen molar-refractivity contribution >= 4 is 46.7 Å². The monoisotopic (exact) mass is 418 g/mol. The van der Waals surface area contributed by atoms with Crippen molar-refractivity contribution in [2.45, 2.75) is 0 Å². The van der Waals surface area contributed by atoms with Gasteiger partial charge in [0.1, 0.15) is 0 Å². The van der Waals surface area contributed by atoms with Gasteiger partial charge >= 0.3 is 186 Å². The van der Waals surface area contributed by atoms with E-state index in [9.17, 15) is 0 Å². The van der Waals surface area contributed by atoms with Crippen molar-refractivity contribution in [3.63, 3.8) is 0 Å². The molecule has 0 fully saturated rings. The molecule has 0 heterocycles. The summed E-state index contributed by atoms with van der Waals surface area (Å²) in [4.78, 5) is 0. The molecule has 0 aliphatic carbocycles. The first kappa shape index (κ1) is 20.8. The molecule has 0 bridgehead atoms. The third kappa shape index (κ3) is 3.83. The van der Waals surface area contributed by atoms with Crippen LogP contribution in [0.25, 0.3) is 18.2 Å². The van der Waals surface area contributed by atoms with Crippen LogP contribution in [-0.4, -0.2) is 0 Å². The Morgan fingerprint density at radius 1 is 0.419 bits per heavy atom. The van der Waals surface area contributed by atoms with Gasteiger partial charge in [0, 0.05) is 0 Å². The van der Waals surface area contributed by atoms with E-state index in [4.69, 9.17) is 0 Å². The molecule has 1 heteroatoms. The average molecular weight is 419 g/mol. The summed E-state index contributed by atoms with van der Waals surface area (Å²) in [5, 5.41) is 5.34. The minimum absolute atomic E-state index is 1.13. The predicted octanol–water partition coefficient (Wildman–Crippen LogP) is 5.97. The fourth-order valence-corrected chi connectivity index (χ4v) is 9.27. The second-order valence-electron chi connectivity index (χ2n) is 7.60. The van der Waals surface area contributed by atoms with E-state index in [0.29, 0.717) is 0 Å². The molecule has 0 spiro atoms. The molecular weight excluding hydrogens is 391 g/mol. The van der Waals surface area contributed by atoms with E-state index < -0.39 is 7.26 Å². The van der Waals surface area contributed by atoms with Gasteiger partial charge in [-0.05, 0) is 0 Å². The molecule has 0 aliphatic heterocycles. The van der Waals surface area contributed by atoms with Gasteiger partial charge in [-0.15, -0.1) is 0 Å². The van der Waals surface area contributed by atoms with Crippen molar-refractivity contribution in [2.24, 2.45) is 0 Å². The van der Waals surface area contributed by atoms with Gasteiger partial charge < -0.3 is 0 Å². The van der Waals surface area contributed by atoms with E-state index in [2.05, 4.69) is 123 Å². The predicted molar refractivity (Wildman–Crippen MR) is 143 cm³/mol. The molecule has 0 saturated heterocycles. The van der Waals surface area contributed by atoms with Crippen LogP contribution in [0.1, 0.15) is 16.7 Å². The van der Waals surface area contributed by atoms with E-state index in [1.54, 1.807) is 0 Å². The first-order valence-corrected chi connectivity index (χ1v) is 12.5. The van der Waals surface area contributed by atoms with Crippen LogP contribution >= 0.6 is 7.26 Å². The summed E-state index contributed by atoms with van der Waals surface area (Å²) < 4.78 is 0. The van der Waals surface area contributed by atoms with Gasteiger partial charge in [0.2, 0.25) is 0 Å². The van der Waals surface area contributed by atoms with Crippen molar-refractivity contribution < 1.29 is 0 Å². The summed E-state index contributed by atoms with van der Waals surface area (Å²) in [6.07, 6.45) is 5.77. The first-order chi connectivity index (χ1) is 15.2. The number of rotatable bonds is 7. The van der Waals surface area contributed by atoms with Crippen molar-refractivity contribution in [1.29, 1.82) is 0 Å². The zero-order valence-corrected chi connectivity index (χ0v) is 18.7. The Morgan fingerprint density at radius 3 is 1.13 bits per heavy atom. The molecule has 4 rings (SSSR count). The number of hydrogen-bond donors (Lipinski definition) is 0. The molecule has 0 amide bonds. The summed E-state index contributed by atoms with van der Waals surface area (Å²) >= 11 is 0. The summed E-state index contributed by atoms with van der Waals surface area (Å²) in [6, 6.07) is 37.4. The molecule has 0 nitrogen and oxygen atoms in total. The summed E-state index contributed by atoms with van der Waals surface area (Å²) in [6.45, 7) is 12.0. The Labute approximate surface area is 186 Å². The molecule has 0 aromatic heterocycles. The summed E-state index contributed by atoms with van der Waals surface area (Å²) in [5.74, 6) is 0. The molecule has 31 heavy (non-hydrogen) atoms. The van der Waals surface area contributed by atoms with Gasteiger partial charge in [-0.2, -0.15) is 0 Å². The third-order valence-electron chi connectivity index (χ3n) is 5.87. The number of hydrogen-bond acceptors (Lipinski definition) is 0. The van der Waals surface area contributed by atoms with Crippen molar-refractivity contribution in [1.82, 2.24) is 0 Å². The van der Waals surface area contributed by atoms with Crippen LogP contribution in [0.15, 0.2) is 123 Å². The third-order valence-corrected chi connectivity index (χ3v) is 10.6. The molecule has 0 unspecified atom stereocenters. The van der Waals surface area contributed by atoms with Gasteiger partial charge in [0.15, 0.2) is 0 Å². The molecular formula is C30H27P. The van der Waals surface area contributed by atoms with Crippen LogP contribution in [-0.2, 0) is 0 Å². The molecule has 0 N–H and O–H groups in total. The molecule has 0 aliphatic rings. The zero-order chi connectivity index (χ0) is 21.7. The van der Waals surface area contributed by atoms with Gasteiger partial charge in [-0.3, -0.25) is 0 Å². The van der Waals surface area contributed by atoms with E-state index in [1.165, 1.54) is 21.2 Å². The number of benzene rings is 4.